The lowest BCUT2D eigenvalue weighted by Gasteiger charge is -2.09. The fourth-order valence-corrected chi connectivity index (χ4v) is 1.72. The molecule has 0 unspecified atom stereocenters. The molecular weight excluding hydrogens is 222 g/mol. The second kappa shape index (κ2) is 6.62. The fourth-order valence-electron chi connectivity index (χ4n) is 1.72. The van der Waals surface area contributed by atoms with Crippen LogP contribution in [-0.2, 0) is 0 Å². The van der Waals surface area contributed by atoms with Crippen molar-refractivity contribution in [3.63, 3.8) is 0 Å². The summed E-state index contributed by atoms with van der Waals surface area (Å²) in [6, 6.07) is 18.2. The third-order valence-electron chi connectivity index (χ3n) is 2.61. The smallest absolute Gasteiger partial charge is 0.0465 e. The van der Waals surface area contributed by atoms with Crippen LogP contribution < -0.4 is 5.32 Å². The van der Waals surface area contributed by atoms with Crippen LogP contribution in [0.15, 0.2) is 60.7 Å². The maximum absolute atomic E-state index is 8.78. The summed E-state index contributed by atoms with van der Waals surface area (Å²) < 4.78 is 0. The standard InChI is InChI=1S/C16H17NO/c18-13-7-6-9-14-8-4-5-12-16(14)17-15-10-2-1-3-11-15/h1-6,8-12,17-18H,7,13H2. The molecule has 0 aliphatic heterocycles. The molecule has 2 nitrogen and oxygen atoms in total. The number of nitrogens with one attached hydrogen (secondary N) is 1. The van der Waals surface area contributed by atoms with Crippen LogP contribution in [0, 0.1) is 0 Å². The number of para-hydroxylation sites is 2. The van der Waals surface area contributed by atoms with E-state index in [0.29, 0.717) is 6.42 Å². The highest BCUT2D eigenvalue weighted by molar-refractivity contribution is 5.71. The van der Waals surface area contributed by atoms with Crippen molar-refractivity contribution in [2.45, 2.75) is 6.42 Å². The van der Waals surface area contributed by atoms with Gasteiger partial charge >= 0.3 is 0 Å². The predicted octanol–water partition coefficient (Wildman–Crippen LogP) is 3.83. The number of anilines is 2. The molecule has 2 heteroatoms. The summed E-state index contributed by atoms with van der Waals surface area (Å²) in [6.07, 6.45) is 4.69. The van der Waals surface area contributed by atoms with Crippen molar-refractivity contribution in [1.29, 1.82) is 0 Å². The van der Waals surface area contributed by atoms with Crippen molar-refractivity contribution in [2.75, 3.05) is 11.9 Å². The van der Waals surface area contributed by atoms with Gasteiger partial charge in [0.15, 0.2) is 0 Å². The topological polar surface area (TPSA) is 32.3 Å². The van der Waals surface area contributed by atoms with Gasteiger partial charge in [-0.3, -0.25) is 0 Å². The molecule has 2 aromatic carbocycles. The van der Waals surface area contributed by atoms with E-state index in [-0.39, 0.29) is 6.61 Å². The average molecular weight is 239 g/mol. The molecule has 0 radical (unpaired) electrons. The lowest BCUT2D eigenvalue weighted by Crippen LogP contribution is -1.92. The van der Waals surface area contributed by atoms with Crippen molar-refractivity contribution in [1.82, 2.24) is 0 Å². The van der Waals surface area contributed by atoms with Crippen LogP contribution in [0.5, 0.6) is 0 Å². The lowest BCUT2D eigenvalue weighted by atomic mass is 10.1. The minimum Gasteiger partial charge on any atom is -0.396 e. The largest absolute Gasteiger partial charge is 0.396 e. The molecular formula is C16H17NO. The summed E-state index contributed by atoms with van der Waals surface area (Å²) in [5.74, 6) is 0. The van der Waals surface area contributed by atoms with Gasteiger partial charge < -0.3 is 10.4 Å². The maximum atomic E-state index is 8.78. The zero-order chi connectivity index (χ0) is 12.6. The van der Waals surface area contributed by atoms with E-state index >= 15 is 0 Å². The molecule has 2 aromatic rings. The molecule has 0 spiro atoms. The van der Waals surface area contributed by atoms with Gasteiger partial charge in [-0.1, -0.05) is 48.6 Å². The van der Waals surface area contributed by atoms with Crippen LogP contribution in [0.25, 0.3) is 6.08 Å². The number of hydrogen-bond donors (Lipinski definition) is 2. The van der Waals surface area contributed by atoms with Crippen LogP contribution in [0.2, 0.25) is 0 Å². The molecule has 92 valence electrons. The molecule has 18 heavy (non-hydrogen) atoms. The first kappa shape index (κ1) is 12.4. The fraction of sp³-hybridized carbons (Fsp3) is 0.125. The van der Waals surface area contributed by atoms with Crippen molar-refractivity contribution in [3.05, 3.63) is 66.2 Å². The minimum absolute atomic E-state index is 0.185. The van der Waals surface area contributed by atoms with E-state index in [9.17, 15) is 0 Å². The third kappa shape index (κ3) is 3.47. The van der Waals surface area contributed by atoms with Crippen LogP contribution in [-0.4, -0.2) is 11.7 Å². The van der Waals surface area contributed by atoms with Gasteiger partial charge in [-0.25, -0.2) is 0 Å². The van der Waals surface area contributed by atoms with Gasteiger partial charge in [0.1, 0.15) is 0 Å². The Hall–Kier alpha value is -2.06. The van der Waals surface area contributed by atoms with Crippen molar-refractivity contribution < 1.29 is 5.11 Å². The molecule has 0 bridgehead atoms. The van der Waals surface area contributed by atoms with Gasteiger partial charge in [-0.15, -0.1) is 0 Å². The molecule has 0 saturated heterocycles. The van der Waals surface area contributed by atoms with Crippen LogP contribution >= 0.6 is 0 Å². The summed E-state index contributed by atoms with van der Waals surface area (Å²) in [5, 5.41) is 12.2. The summed E-state index contributed by atoms with van der Waals surface area (Å²) in [5.41, 5.74) is 3.26. The molecule has 0 saturated carbocycles. The molecule has 0 aromatic heterocycles. The molecule has 0 heterocycles. The second-order valence-corrected chi connectivity index (χ2v) is 3.99. The molecule has 0 amide bonds. The van der Waals surface area contributed by atoms with E-state index in [1.54, 1.807) is 0 Å². The summed E-state index contributed by atoms with van der Waals surface area (Å²) in [4.78, 5) is 0. The van der Waals surface area contributed by atoms with E-state index in [1.807, 2.05) is 60.7 Å². The third-order valence-corrected chi connectivity index (χ3v) is 2.61. The van der Waals surface area contributed by atoms with Gasteiger partial charge in [0.25, 0.3) is 0 Å². The molecule has 2 N–H and O–H groups in total. The molecule has 0 aliphatic carbocycles. The Morgan fingerprint density at radius 2 is 1.67 bits per heavy atom. The number of rotatable bonds is 5. The zero-order valence-electron chi connectivity index (χ0n) is 10.2. The van der Waals surface area contributed by atoms with E-state index < -0.39 is 0 Å². The van der Waals surface area contributed by atoms with Gasteiger partial charge in [-0.05, 0) is 30.2 Å². The van der Waals surface area contributed by atoms with Crippen LogP contribution in [0.4, 0.5) is 11.4 Å². The molecule has 2 rings (SSSR count). The van der Waals surface area contributed by atoms with Crippen molar-refractivity contribution in [3.8, 4) is 0 Å². The van der Waals surface area contributed by atoms with Crippen molar-refractivity contribution in [2.24, 2.45) is 0 Å². The Bertz CT molecular complexity index is 506. The maximum Gasteiger partial charge on any atom is 0.0465 e. The Morgan fingerprint density at radius 1 is 0.944 bits per heavy atom. The molecule has 0 fully saturated rings. The quantitative estimate of drug-likeness (QED) is 0.831. The first-order valence-electron chi connectivity index (χ1n) is 6.08. The van der Waals surface area contributed by atoms with E-state index in [0.717, 1.165) is 16.9 Å². The van der Waals surface area contributed by atoms with Crippen molar-refractivity contribution >= 4 is 17.5 Å². The highest BCUT2D eigenvalue weighted by Gasteiger charge is 1.98. The first-order chi connectivity index (χ1) is 8.90. The zero-order valence-corrected chi connectivity index (χ0v) is 10.2. The number of aliphatic hydroxyl groups is 1. The average Bonchev–Trinajstić information content (AvgIpc) is 2.42. The Labute approximate surface area is 108 Å². The minimum atomic E-state index is 0.185. The van der Waals surface area contributed by atoms with E-state index in [4.69, 9.17) is 5.11 Å². The van der Waals surface area contributed by atoms with Crippen LogP contribution in [0.1, 0.15) is 12.0 Å². The monoisotopic (exact) mass is 239 g/mol. The van der Waals surface area contributed by atoms with Gasteiger partial charge in [0.2, 0.25) is 0 Å². The van der Waals surface area contributed by atoms with E-state index in [2.05, 4.69) is 11.4 Å². The molecule has 0 aliphatic rings. The lowest BCUT2D eigenvalue weighted by molar-refractivity contribution is 0.303. The number of benzene rings is 2. The summed E-state index contributed by atoms with van der Waals surface area (Å²) in [6.45, 7) is 0.185. The number of aliphatic hydroxyl groups excluding tert-OH is 1. The highest BCUT2D eigenvalue weighted by atomic mass is 16.2. The molecule has 0 atom stereocenters. The van der Waals surface area contributed by atoms with Crippen LogP contribution in [0.3, 0.4) is 0 Å². The Balaban J connectivity index is 2.17. The van der Waals surface area contributed by atoms with Gasteiger partial charge in [0.05, 0.1) is 0 Å². The number of hydrogen-bond acceptors (Lipinski definition) is 2. The van der Waals surface area contributed by atoms with Gasteiger partial charge in [0, 0.05) is 18.0 Å². The highest BCUT2D eigenvalue weighted by Crippen LogP contribution is 2.21. The second-order valence-electron chi connectivity index (χ2n) is 3.99. The first-order valence-corrected chi connectivity index (χ1v) is 6.08. The summed E-state index contributed by atoms with van der Waals surface area (Å²) in [7, 11) is 0. The normalized spacial score (nSPS) is 10.7. The van der Waals surface area contributed by atoms with E-state index in [1.165, 1.54) is 0 Å². The Morgan fingerprint density at radius 3 is 2.44 bits per heavy atom. The predicted molar refractivity (Wildman–Crippen MR) is 76.9 cm³/mol. The Kier molecular flexibility index (Phi) is 4.56. The SMILES string of the molecule is OCCC=Cc1ccccc1Nc1ccccc1. The summed E-state index contributed by atoms with van der Waals surface area (Å²) >= 11 is 0. The van der Waals surface area contributed by atoms with Gasteiger partial charge in [-0.2, -0.15) is 0 Å².